The van der Waals surface area contributed by atoms with E-state index < -0.39 is 0 Å². The molecule has 0 aliphatic carbocycles. The predicted octanol–water partition coefficient (Wildman–Crippen LogP) is 3.50. The predicted molar refractivity (Wildman–Crippen MR) is 75.8 cm³/mol. The van der Waals surface area contributed by atoms with Crippen LogP contribution in [-0.4, -0.2) is 16.7 Å². The van der Waals surface area contributed by atoms with Gasteiger partial charge in [-0.15, -0.1) is 10.2 Å². The molecule has 0 bridgehead atoms. The molecule has 2 rings (SSSR count). The summed E-state index contributed by atoms with van der Waals surface area (Å²) < 4.78 is 0. The molecule has 18 heavy (non-hydrogen) atoms. The zero-order valence-corrected chi connectivity index (χ0v) is 11.4. The Kier molecular flexibility index (Phi) is 3.60. The summed E-state index contributed by atoms with van der Waals surface area (Å²) in [4.78, 5) is 0. The Morgan fingerprint density at radius 3 is 2.50 bits per heavy atom. The minimum Gasteiger partial charge on any atom is -0.369 e. The van der Waals surface area contributed by atoms with Crippen molar-refractivity contribution in [2.24, 2.45) is 0 Å². The summed E-state index contributed by atoms with van der Waals surface area (Å²) in [7, 11) is 0. The van der Waals surface area contributed by atoms with E-state index in [1.165, 1.54) is 16.7 Å². The number of anilines is 1. The van der Waals surface area contributed by atoms with Crippen molar-refractivity contribution in [2.75, 3.05) is 11.9 Å². The van der Waals surface area contributed by atoms with Crippen molar-refractivity contribution in [3.8, 4) is 11.3 Å². The lowest BCUT2D eigenvalue weighted by molar-refractivity contribution is 0.987. The molecule has 3 heteroatoms. The molecule has 0 saturated carbocycles. The van der Waals surface area contributed by atoms with Crippen LogP contribution in [0.1, 0.15) is 23.6 Å². The van der Waals surface area contributed by atoms with Gasteiger partial charge in [0.15, 0.2) is 5.82 Å². The maximum absolute atomic E-state index is 4.36. The highest BCUT2D eigenvalue weighted by Crippen LogP contribution is 2.26. The number of nitrogens with one attached hydrogen (secondary N) is 1. The molecule has 0 radical (unpaired) electrons. The van der Waals surface area contributed by atoms with E-state index in [-0.39, 0.29) is 0 Å². The summed E-state index contributed by atoms with van der Waals surface area (Å²) in [5.41, 5.74) is 5.70. The first-order valence-corrected chi connectivity index (χ1v) is 6.28. The molecule has 1 aromatic carbocycles. The fourth-order valence-electron chi connectivity index (χ4n) is 2.01. The summed E-state index contributed by atoms with van der Waals surface area (Å²) in [6.07, 6.45) is 0. The van der Waals surface area contributed by atoms with Gasteiger partial charge in [-0.2, -0.15) is 0 Å². The second kappa shape index (κ2) is 5.17. The third-order valence-corrected chi connectivity index (χ3v) is 3.16. The first-order chi connectivity index (χ1) is 8.63. The van der Waals surface area contributed by atoms with Crippen LogP contribution in [0, 0.1) is 20.8 Å². The van der Waals surface area contributed by atoms with E-state index in [0.29, 0.717) is 0 Å². The maximum Gasteiger partial charge on any atom is 0.151 e. The Morgan fingerprint density at radius 1 is 1.06 bits per heavy atom. The molecule has 0 aliphatic rings. The van der Waals surface area contributed by atoms with Crippen molar-refractivity contribution in [1.82, 2.24) is 10.2 Å². The molecule has 0 atom stereocenters. The van der Waals surface area contributed by atoms with Crippen molar-refractivity contribution in [2.45, 2.75) is 27.7 Å². The molecular weight excluding hydrogens is 222 g/mol. The molecule has 94 valence electrons. The van der Waals surface area contributed by atoms with Crippen molar-refractivity contribution in [1.29, 1.82) is 0 Å². The highest BCUT2D eigenvalue weighted by atomic mass is 15.2. The minimum absolute atomic E-state index is 0.860. The molecule has 0 aliphatic heterocycles. The number of benzene rings is 1. The second-order valence-corrected chi connectivity index (χ2v) is 4.55. The Labute approximate surface area is 108 Å². The van der Waals surface area contributed by atoms with Gasteiger partial charge < -0.3 is 5.32 Å². The number of nitrogens with zero attached hydrogens (tertiary/aromatic N) is 2. The Hall–Kier alpha value is -1.90. The van der Waals surface area contributed by atoms with Crippen LogP contribution in [-0.2, 0) is 0 Å². The first-order valence-electron chi connectivity index (χ1n) is 6.28. The van der Waals surface area contributed by atoms with Gasteiger partial charge in [0.1, 0.15) is 0 Å². The van der Waals surface area contributed by atoms with E-state index in [1.807, 2.05) is 0 Å². The van der Waals surface area contributed by atoms with Crippen LogP contribution < -0.4 is 5.32 Å². The lowest BCUT2D eigenvalue weighted by Gasteiger charge is -2.12. The molecular formula is C15H19N3. The highest BCUT2D eigenvalue weighted by molar-refractivity contribution is 5.66. The van der Waals surface area contributed by atoms with Gasteiger partial charge in [-0.05, 0) is 44.9 Å². The lowest BCUT2D eigenvalue weighted by Crippen LogP contribution is -2.06. The topological polar surface area (TPSA) is 37.8 Å². The van der Waals surface area contributed by atoms with Gasteiger partial charge in [0, 0.05) is 12.1 Å². The molecule has 1 N–H and O–H groups in total. The van der Waals surface area contributed by atoms with Crippen LogP contribution in [0.3, 0.4) is 0 Å². The number of aryl methyl sites for hydroxylation is 1. The van der Waals surface area contributed by atoms with E-state index in [9.17, 15) is 0 Å². The highest BCUT2D eigenvalue weighted by Gasteiger charge is 2.10. The Balaban J connectivity index is 2.50. The lowest BCUT2D eigenvalue weighted by atomic mass is 10.0. The van der Waals surface area contributed by atoms with E-state index in [1.54, 1.807) is 0 Å². The standard InChI is InChI=1S/C15H19N3/c1-5-16-15-12(4)11(3)14(17-18-15)13-8-6-7-10(2)9-13/h6-9H,5H2,1-4H3,(H,16,18). The average molecular weight is 241 g/mol. The number of hydrogen-bond acceptors (Lipinski definition) is 3. The van der Waals surface area contributed by atoms with Crippen molar-refractivity contribution >= 4 is 5.82 Å². The molecule has 0 unspecified atom stereocenters. The fourth-order valence-corrected chi connectivity index (χ4v) is 2.01. The van der Waals surface area contributed by atoms with Gasteiger partial charge in [0.05, 0.1) is 5.69 Å². The van der Waals surface area contributed by atoms with Gasteiger partial charge in [-0.1, -0.05) is 23.8 Å². The van der Waals surface area contributed by atoms with Crippen molar-refractivity contribution in [3.63, 3.8) is 0 Å². The molecule has 0 saturated heterocycles. The summed E-state index contributed by atoms with van der Waals surface area (Å²) in [5.74, 6) is 0.881. The van der Waals surface area contributed by atoms with Crippen LogP contribution >= 0.6 is 0 Å². The van der Waals surface area contributed by atoms with Gasteiger partial charge in [-0.3, -0.25) is 0 Å². The maximum atomic E-state index is 4.36. The molecule has 1 aromatic heterocycles. The summed E-state index contributed by atoms with van der Waals surface area (Å²) in [5, 5.41) is 11.9. The first kappa shape index (κ1) is 12.6. The summed E-state index contributed by atoms with van der Waals surface area (Å²) in [6.45, 7) is 9.19. The Bertz CT molecular complexity index is 562. The van der Waals surface area contributed by atoms with Crippen LogP contribution in [0.5, 0.6) is 0 Å². The van der Waals surface area contributed by atoms with Crippen LogP contribution in [0.4, 0.5) is 5.82 Å². The van der Waals surface area contributed by atoms with Crippen molar-refractivity contribution in [3.05, 3.63) is 41.0 Å². The van der Waals surface area contributed by atoms with Gasteiger partial charge >= 0.3 is 0 Å². The molecule has 0 fully saturated rings. The minimum atomic E-state index is 0.860. The Morgan fingerprint density at radius 2 is 1.83 bits per heavy atom. The SMILES string of the molecule is CCNc1nnc(-c2cccc(C)c2)c(C)c1C. The number of aromatic nitrogens is 2. The average Bonchev–Trinajstić information content (AvgIpc) is 2.35. The second-order valence-electron chi connectivity index (χ2n) is 4.55. The van der Waals surface area contributed by atoms with Crippen molar-refractivity contribution < 1.29 is 0 Å². The van der Waals surface area contributed by atoms with E-state index >= 15 is 0 Å². The molecule has 2 aromatic rings. The normalized spacial score (nSPS) is 10.4. The fraction of sp³-hybridized carbons (Fsp3) is 0.333. The zero-order valence-electron chi connectivity index (χ0n) is 11.4. The smallest absolute Gasteiger partial charge is 0.151 e. The zero-order chi connectivity index (χ0) is 13.1. The van der Waals surface area contributed by atoms with Gasteiger partial charge in [0.25, 0.3) is 0 Å². The van der Waals surface area contributed by atoms with Crippen LogP contribution in [0.2, 0.25) is 0 Å². The molecule has 1 heterocycles. The van der Waals surface area contributed by atoms with E-state index in [0.717, 1.165) is 23.6 Å². The summed E-state index contributed by atoms with van der Waals surface area (Å²) >= 11 is 0. The van der Waals surface area contributed by atoms with E-state index in [2.05, 4.69) is 67.5 Å². The monoisotopic (exact) mass is 241 g/mol. The van der Waals surface area contributed by atoms with E-state index in [4.69, 9.17) is 0 Å². The van der Waals surface area contributed by atoms with Gasteiger partial charge in [-0.25, -0.2) is 0 Å². The van der Waals surface area contributed by atoms with Crippen LogP contribution in [0.15, 0.2) is 24.3 Å². The van der Waals surface area contributed by atoms with Crippen LogP contribution in [0.25, 0.3) is 11.3 Å². The summed E-state index contributed by atoms with van der Waals surface area (Å²) in [6, 6.07) is 8.37. The third kappa shape index (κ3) is 2.35. The number of hydrogen-bond donors (Lipinski definition) is 1. The van der Waals surface area contributed by atoms with Gasteiger partial charge in [0.2, 0.25) is 0 Å². The largest absolute Gasteiger partial charge is 0.369 e. The molecule has 3 nitrogen and oxygen atoms in total. The molecule has 0 spiro atoms. The molecule has 0 amide bonds. The number of rotatable bonds is 3. The quantitative estimate of drug-likeness (QED) is 0.893. The third-order valence-electron chi connectivity index (χ3n) is 3.16.